The van der Waals surface area contributed by atoms with Gasteiger partial charge >= 0.3 is 0 Å². The first-order valence-corrected chi connectivity index (χ1v) is 31.5. The minimum Gasteiger partial charge on any atom is -0.390 e. The highest BCUT2D eigenvalue weighted by Crippen LogP contribution is 2.26. The van der Waals surface area contributed by atoms with Crippen molar-refractivity contribution in [2.45, 2.75) is 348 Å². The molecule has 0 aromatic rings. The molecule has 0 aliphatic heterocycles. The van der Waals surface area contributed by atoms with Crippen molar-refractivity contribution in [3.8, 4) is 0 Å². The number of rotatable bonds is 53. The zero-order valence-electron chi connectivity index (χ0n) is 47.3. The van der Waals surface area contributed by atoms with Gasteiger partial charge in [0.05, 0.1) is 12.2 Å². The van der Waals surface area contributed by atoms with Crippen molar-refractivity contribution >= 4 is 11.8 Å². The summed E-state index contributed by atoms with van der Waals surface area (Å²) in [6.07, 6.45) is 55.6. The van der Waals surface area contributed by atoms with Crippen molar-refractivity contribution in [3.05, 3.63) is 0 Å². The predicted molar refractivity (Wildman–Crippen MR) is 300 cm³/mol. The summed E-state index contributed by atoms with van der Waals surface area (Å²) in [4.78, 5) is 33.9. The lowest BCUT2D eigenvalue weighted by molar-refractivity contribution is -0.132. The van der Waals surface area contributed by atoms with Crippen molar-refractivity contribution in [2.24, 2.45) is 0 Å². The normalized spacial score (nSPS) is 16.2. The van der Waals surface area contributed by atoms with Gasteiger partial charge in [0.1, 0.15) is 0 Å². The molecule has 0 heterocycles. The molecular weight excluding hydrogens is 851 g/mol. The zero-order valence-corrected chi connectivity index (χ0v) is 47.3. The first-order valence-electron chi connectivity index (χ1n) is 31.5. The minimum absolute atomic E-state index is 0.0465. The van der Waals surface area contributed by atoms with Crippen LogP contribution in [0.4, 0.5) is 0 Å². The molecule has 0 radical (unpaired) electrons. The van der Waals surface area contributed by atoms with Crippen molar-refractivity contribution in [1.82, 2.24) is 14.7 Å². The molecule has 0 aromatic heterocycles. The van der Waals surface area contributed by atoms with Crippen molar-refractivity contribution in [2.75, 3.05) is 39.3 Å². The van der Waals surface area contributed by atoms with E-state index in [9.17, 15) is 19.8 Å². The molecule has 1 fully saturated rings. The Hall–Kier alpha value is -1.18. The maximum Gasteiger partial charge on any atom is 0.222 e. The number of nitrogens with zero attached hydrogens (tertiary/aromatic N) is 3. The van der Waals surface area contributed by atoms with Crippen LogP contribution >= 0.6 is 0 Å². The van der Waals surface area contributed by atoms with E-state index >= 15 is 0 Å². The number of hydrogen-bond donors (Lipinski definition) is 2. The number of aliphatic hydroxyl groups excluding tert-OH is 2. The third-order valence-electron chi connectivity index (χ3n) is 15.8. The fourth-order valence-electron chi connectivity index (χ4n) is 11.0. The quantitative estimate of drug-likeness (QED) is 0.0593. The summed E-state index contributed by atoms with van der Waals surface area (Å²) in [7, 11) is 0. The van der Waals surface area contributed by atoms with E-state index in [0.29, 0.717) is 31.1 Å². The van der Waals surface area contributed by atoms with E-state index in [-0.39, 0.29) is 6.04 Å². The van der Waals surface area contributed by atoms with Gasteiger partial charge < -0.3 is 20.0 Å². The maximum atomic E-state index is 13.5. The summed E-state index contributed by atoms with van der Waals surface area (Å²) >= 11 is 0. The zero-order chi connectivity index (χ0) is 50.1. The molecule has 3 atom stereocenters. The van der Waals surface area contributed by atoms with Crippen LogP contribution in [0.3, 0.4) is 0 Å². The van der Waals surface area contributed by atoms with E-state index in [1.807, 2.05) is 0 Å². The highest BCUT2D eigenvalue weighted by Gasteiger charge is 2.34. The number of unbranched alkanes of at least 4 members (excludes halogenated alkanes) is 36. The Balaban J connectivity index is 2.50. The summed E-state index contributed by atoms with van der Waals surface area (Å²) in [6.45, 7) is 14.8. The average Bonchev–Trinajstić information content (AvgIpc) is 3.35. The fraction of sp³-hybridized carbons (Fsp3) is 0.968. The van der Waals surface area contributed by atoms with Gasteiger partial charge in [-0.2, -0.15) is 0 Å². The van der Waals surface area contributed by atoms with Gasteiger partial charge in [0.25, 0.3) is 0 Å². The molecule has 0 saturated heterocycles. The van der Waals surface area contributed by atoms with Crippen molar-refractivity contribution in [1.29, 1.82) is 0 Å². The topological polar surface area (TPSA) is 84.3 Å². The Morgan fingerprint density at radius 3 is 0.870 bits per heavy atom. The average molecular weight is 975 g/mol. The van der Waals surface area contributed by atoms with Crippen molar-refractivity contribution < 1.29 is 19.8 Å². The number of amides is 2. The van der Waals surface area contributed by atoms with Crippen LogP contribution in [0.15, 0.2) is 0 Å². The molecule has 0 aromatic carbocycles. The second kappa shape index (κ2) is 50.4. The number of hydrogen-bond acceptors (Lipinski definition) is 5. The fourth-order valence-corrected chi connectivity index (χ4v) is 11.0. The Kier molecular flexibility index (Phi) is 48.0. The van der Waals surface area contributed by atoms with Crippen molar-refractivity contribution in [3.63, 3.8) is 0 Å². The van der Waals surface area contributed by atoms with Gasteiger partial charge in [0.15, 0.2) is 0 Å². The maximum absolute atomic E-state index is 13.5. The van der Waals surface area contributed by atoms with Crippen LogP contribution in [-0.2, 0) is 9.59 Å². The molecule has 7 heteroatoms. The first kappa shape index (κ1) is 65.8. The van der Waals surface area contributed by atoms with Crippen LogP contribution in [0.25, 0.3) is 0 Å². The lowest BCUT2D eigenvalue weighted by atomic mass is 9.88. The largest absolute Gasteiger partial charge is 0.390 e. The van der Waals surface area contributed by atoms with Gasteiger partial charge in [-0.25, -0.2) is 0 Å². The molecule has 7 nitrogen and oxygen atoms in total. The van der Waals surface area contributed by atoms with Crippen LogP contribution in [0.5, 0.6) is 0 Å². The third-order valence-corrected chi connectivity index (χ3v) is 15.8. The highest BCUT2D eigenvalue weighted by atomic mass is 16.3. The molecule has 2 N–H and O–H groups in total. The first-order chi connectivity index (χ1) is 33.9. The molecule has 0 spiro atoms. The van der Waals surface area contributed by atoms with E-state index in [4.69, 9.17) is 0 Å². The number of aliphatic hydroxyl groups is 2. The van der Waals surface area contributed by atoms with E-state index < -0.39 is 12.2 Å². The van der Waals surface area contributed by atoms with Crippen LogP contribution in [0, 0.1) is 0 Å². The van der Waals surface area contributed by atoms with E-state index in [1.54, 1.807) is 0 Å². The number of carbonyl (C=O) groups is 2. The number of carbonyl (C=O) groups excluding carboxylic acids is 2. The highest BCUT2D eigenvalue weighted by molar-refractivity contribution is 5.76. The van der Waals surface area contributed by atoms with Gasteiger partial charge in [0.2, 0.25) is 11.8 Å². The molecule has 0 bridgehead atoms. The summed E-state index contributed by atoms with van der Waals surface area (Å²) < 4.78 is 0. The van der Waals surface area contributed by atoms with Gasteiger partial charge in [-0.15, -0.1) is 0 Å². The molecule has 1 saturated carbocycles. The van der Waals surface area contributed by atoms with Gasteiger partial charge in [-0.05, 0) is 83.7 Å². The van der Waals surface area contributed by atoms with E-state index in [2.05, 4.69) is 42.4 Å². The van der Waals surface area contributed by atoms with Crippen LogP contribution < -0.4 is 0 Å². The monoisotopic (exact) mass is 974 g/mol. The smallest absolute Gasteiger partial charge is 0.222 e. The Bertz CT molecular complexity index is 980. The summed E-state index contributed by atoms with van der Waals surface area (Å²) in [5, 5.41) is 21.7. The van der Waals surface area contributed by atoms with E-state index in [0.717, 1.165) is 142 Å². The second-order valence-corrected chi connectivity index (χ2v) is 22.3. The Morgan fingerprint density at radius 1 is 0.333 bits per heavy atom. The molecule has 1 aliphatic rings. The molecular formula is C62H123N3O4. The Morgan fingerprint density at radius 2 is 0.580 bits per heavy atom. The van der Waals surface area contributed by atoms with Crippen LogP contribution in [-0.4, -0.2) is 94.2 Å². The summed E-state index contributed by atoms with van der Waals surface area (Å²) in [6, 6.07) is 0.0465. The molecule has 1 rings (SSSR count). The molecule has 1 aliphatic carbocycles. The standard InChI is InChI=1S/C62H123N3O4/c1-5-9-13-17-21-25-33-43-54-64(55-44-34-26-22-18-14-10-6-2)60(67)50-39-31-29-37-41-52-63(58-48-47-49-59(66)62(58)69)53-42-38-30-32-40-51-61(68)65(56-45-35-27-23-19-15-11-7-3)57-46-36-28-24-20-16-12-8-4/h58-59,62,66,69H,5-57H2,1-4H3. The molecule has 410 valence electrons. The summed E-state index contributed by atoms with van der Waals surface area (Å²) in [5.41, 5.74) is 0. The van der Waals surface area contributed by atoms with Crippen LogP contribution in [0.1, 0.15) is 329 Å². The third kappa shape index (κ3) is 39.0. The Labute approximate surface area is 431 Å². The van der Waals surface area contributed by atoms with Gasteiger partial charge in [0, 0.05) is 45.1 Å². The summed E-state index contributed by atoms with van der Waals surface area (Å²) in [5.74, 6) is 0.766. The second-order valence-electron chi connectivity index (χ2n) is 22.3. The lowest BCUT2D eigenvalue weighted by Crippen LogP contribution is -2.51. The lowest BCUT2D eigenvalue weighted by Gasteiger charge is -2.40. The molecule has 69 heavy (non-hydrogen) atoms. The SMILES string of the molecule is CCCCCCCCCCN(CCCCCCCCCC)C(=O)CCCCCCCN(CCCCCCCC(=O)N(CCCCCCCCCC)CCCCCCCCCC)C1CCCC(O)C1O. The van der Waals surface area contributed by atoms with E-state index in [1.165, 1.54) is 180 Å². The molecule has 3 unspecified atom stereocenters. The minimum atomic E-state index is -0.658. The predicted octanol–water partition coefficient (Wildman–Crippen LogP) is 17.5. The van der Waals surface area contributed by atoms with Gasteiger partial charge in [-0.1, -0.05) is 246 Å². The molecule has 2 amide bonds. The van der Waals surface area contributed by atoms with Crippen LogP contribution in [0.2, 0.25) is 0 Å². The van der Waals surface area contributed by atoms with Gasteiger partial charge in [-0.3, -0.25) is 14.5 Å².